The lowest BCUT2D eigenvalue weighted by Gasteiger charge is -2.09. The summed E-state index contributed by atoms with van der Waals surface area (Å²) in [6.07, 6.45) is -0.165. The smallest absolute Gasteiger partial charge is 0.322 e. The number of imide groups is 1. The Morgan fingerprint density at radius 1 is 1.21 bits per heavy atom. The number of halogens is 2. The molecule has 1 aromatic carbocycles. The van der Waals surface area contributed by atoms with Gasteiger partial charge in [-0.2, -0.15) is 0 Å². The number of urea groups is 1. The third-order valence-electron chi connectivity index (χ3n) is 2.39. The summed E-state index contributed by atoms with van der Waals surface area (Å²) < 4.78 is 0. The van der Waals surface area contributed by atoms with Crippen LogP contribution in [0.15, 0.2) is 18.2 Å². The molecule has 0 bridgehead atoms. The first-order valence-electron chi connectivity index (χ1n) is 5.31. The van der Waals surface area contributed by atoms with E-state index < -0.39 is 23.9 Å². The quantitative estimate of drug-likeness (QED) is 0.740. The number of amides is 4. The van der Waals surface area contributed by atoms with Crippen molar-refractivity contribution in [3.8, 4) is 0 Å². The zero-order chi connectivity index (χ0) is 14.0. The van der Waals surface area contributed by atoms with Gasteiger partial charge in [-0.1, -0.05) is 23.2 Å². The first kappa shape index (κ1) is 13.6. The maximum Gasteiger partial charge on any atom is 0.322 e. The van der Waals surface area contributed by atoms with Gasteiger partial charge >= 0.3 is 6.03 Å². The van der Waals surface area contributed by atoms with Gasteiger partial charge in [-0.3, -0.25) is 14.9 Å². The van der Waals surface area contributed by atoms with Crippen molar-refractivity contribution in [2.24, 2.45) is 0 Å². The summed E-state index contributed by atoms with van der Waals surface area (Å²) >= 11 is 11.6. The van der Waals surface area contributed by atoms with Gasteiger partial charge in [-0.15, -0.1) is 0 Å². The Kier molecular flexibility index (Phi) is 3.92. The van der Waals surface area contributed by atoms with Gasteiger partial charge in [-0.25, -0.2) is 4.79 Å². The van der Waals surface area contributed by atoms with Crippen LogP contribution in [0.25, 0.3) is 0 Å². The number of hydrogen-bond acceptors (Lipinski definition) is 3. The SMILES string of the molecule is O=C(CC1NC(=O)NC1=O)Nc1cc(Cl)cc(Cl)c1. The van der Waals surface area contributed by atoms with Gasteiger partial charge in [0.25, 0.3) is 5.91 Å². The van der Waals surface area contributed by atoms with E-state index in [1.807, 2.05) is 5.32 Å². The molecule has 2 rings (SSSR count). The fraction of sp³-hybridized carbons (Fsp3) is 0.182. The first-order chi connectivity index (χ1) is 8.94. The van der Waals surface area contributed by atoms with Gasteiger partial charge in [0, 0.05) is 15.7 Å². The number of benzene rings is 1. The third-order valence-corrected chi connectivity index (χ3v) is 2.83. The average molecular weight is 302 g/mol. The highest BCUT2D eigenvalue weighted by Gasteiger charge is 2.31. The predicted molar refractivity (Wildman–Crippen MR) is 70.2 cm³/mol. The van der Waals surface area contributed by atoms with E-state index in [4.69, 9.17) is 23.2 Å². The van der Waals surface area contributed by atoms with E-state index >= 15 is 0 Å². The highest BCUT2D eigenvalue weighted by Crippen LogP contribution is 2.22. The maximum absolute atomic E-state index is 11.7. The molecule has 0 radical (unpaired) electrons. The van der Waals surface area contributed by atoms with Crippen molar-refractivity contribution in [2.45, 2.75) is 12.5 Å². The Bertz CT molecular complexity index is 542. The van der Waals surface area contributed by atoms with Crippen LogP contribution >= 0.6 is 23.2 Å². The first-order valence-corrected chi connectivity index (χ1v) is 6.07. The van der Waals surface area contributed by atoms with Crippen LogP contribution in [0, 0.1) is 0 Å². The zero-order valence-corrected chi connectivity index (χ0v) is 11.0. The van der Waals surface area contributed by atoms with Crippen LogP contribution in [0.2, 0.25) is 10.0 Å². The van der Waals surface area contributed by atoms with Gasteiger partial charge in [0.2, 0.25) is 5.91 Å². The van der Waals surface area contributed by atoms with Gasteiger partial charge in [-0.05, 0) is 18.2 Å². The van der Waals surface area contributed by atoms with E-state index in [0.29, 0.717) is 15.7 Å². The summed E-state index contributed by atoms with van der Waals surface area (Å²) in [6, 6.07) is 3.12. The molecule has 100 valence electrons. The fourth-order valence-electron chi connectivity index (χ4n) is 1.63. The fourth-order valence-corrected chi connectivity index (χ4v) is 2.15. The van der Waals surface area contributed by atoms with Gasteiger partial charge in [0.1, 0.15) is 6.04 Å². The molecule has 0 saturated carbocycles. The van der Waals surface area contributed by atoms with E-state index in [1.54, 1.807) is 0 Å². The Balaban J connectivity index is 1.98. The van der Waals surface area contributed by atoms with Crippen LogP contribution in [0.3, 0.4) is 0 Å². The number of carbonyl (C=O) groups excluding carboxylic acids is 3. The normalized spacial score (nSPS) is 17.9. The van der Waals surface area contributed by atoms with Crippen molar-refractivity contribution in [3.63, 3.8) is 0 Å². The number of carbonyl (C=O) groups is 3. The molecule has 19 heavy (non-hydrogen) atoms. The number of anilines is 1. The molecule has 3 N–H and O–H groups in total. The van der Waals surface area contributed by atoms with Crippen LogP contribution < -0.4 is 16.0 Å². The predicted octanol–water partition coefficient (Wildman–Crippen LogP) is 1.53. The Morgan fingerprint density at radius 2 is 1.84 bits per heavy atom. The largest absolute Gasteiger partial charge is 0.326 e. The lowest BCUT2D eigenvalue weighted by atomic mass is 10.2. The lowest BCUT2D eigenvalue weighted by Crippen LogP contribution is -2.33. The molecule has 0 aliphatic carbocycles. The summed E-state index contributed by atoms with van der Waals surface area (Å²) in [5, 5.41) is 7.69. The summed E-state index contributed by atoms with van der Waals surface area (Å²) in [5.74, 6) is -0.954. The summed E-state index contributed by atoms with van der Waals surface area (Å²) in [6.45, 7) is 0. The number of nitrogens with one attached hydrogen (secondary N) is 3. The molecular weight excluding hydrogens is 293 g/mol. The van der Waals surface area contributed by atoms with Crippen molar-refractivity contribution >= 4 is 46.7 Å². The molecule has 1 saturated heterocycles. The molecule has 1 heterocycles. The van der Waals surface area contributed by atoms with E-state index in [-0.39, 0.29) is 6.42 Å². The third kappa shape index (κ3) is 3.59. The van der Waals surface area contributed by atoms with Gasteiger partial charge in [0.05, 0.1) is 6.42 Å². The summed E-state index contributed by atoms with van der Waals surface area (Å²) in [4.78, 5) is 33.9. The maximum atomic E-state index is 11.7. The van der Waals surface area contributed by atoms with Crippen molar-refractivity contribution in [1.82, 2.24) is 10.6 Å². The topological polar surface area (TPSA) is 87.3 Å². The van der Waals surface area contributed by atoms with Crippen molar-refractivity contribution in [1.29, 1.82) is 0 Å². The molecule has 6 nitrogen and oxygen atoms in total. The Hall–Kier alpha value is -1.79. The second kappa shape index (κ2) is 5.46. The molecule has 0 spiro atoms. The highest BCUT2D eigenvalue weighted by molar-refractivity contribution is 6.35. The zero-order valence-electron chi connectivity index (χ0n) is 9.50. The molecule has 1 aromatic rings. The van der Waals surface area contributed by atoms with E-state index in [1.165, 1.54) is 18.2 Å². The Labute approximate surface area is 118 Å². The van der Waals surface area contributed by atoms with Crippen LogP contribution in [0.4, 0.5) is 10.5 Å². The van der Waals surface area contributed by atoms with Crippen LogP contribution in [-0.2, 0) is 9.59 Å². The molecule has 1 aliphatic heterocycles. The second-order valence-electron chi connectivity index (χ2n) is 3.93. The minimum absolute atomic E-state index is 0.165. The minimum Gasteiger partial charge on any atom is -0.326 e. The Morgan fingerprint density at radius 3 is 2.37 bits per heavy atom. The number of hydrogen-bond donors (Lipinski definition) is 3. The molecule has 8 heteroatoms. The van der Waals surface area contributed by atoms with Crippen LogP contribution in [0.1, 0.15) is 6.42 Å². The molecule has 0 aromatic heterocycles. The van der Waals surface area contributed by atoms with E-state index in [2.05, 4.69) is 10.6 Å². The van der Waals surface area contributed by atoms with Gasteiger partial charge < -0.3 is 10.6 Å². The summed E-state index contributed by atoms with van der Waals surface area (Å²) in [5.41, 5.74) is 0.423. The monoisotopic (exact) mass is 301 g/mol. The van der Waals surface area contributed by atoms with Crippen molar-refractivity contribution in [2.75, 3.05) is 5.32 Å². The molecule has 1 atom stereocenters. The second-order valence-corrected chi connectivity index (χ2v) is 4.80. The summed E-state index contributed by atoms with van der Waals surface area (Å²) in [7, 11) is 0. The molecule has 1 unspecified atom stereocenters. The van der Waals surface area contributed by atoms with Crippen molar-refractivity contribution < 1.29 is 14.4 Å². The standard InChI is InChI=1S/C11H9Cl2N3O3/c12-5-1-6(13)3-7(2-5)14-9(17)4-8-10(18)16-11(19)15-8/h1-3,8H,4H2,(H,14,17)(H2,15,16,18,19). The molecule has 1 aliphatic rings. The molecule has 4 amide bonds. The van der Waals surface area contributed by atoms with Crippen molar-refractivity contribution in [3.05, 3.63) is 28.2 Å². The van der Waals surface area contributed by atoms with E-state index in [0.717, 1.165) is 0 Å². The molecular formula is C11H9Cl2N3O3. The number of rotatable bonds is 3. The minimum atomic E-state index is -0.859. The highest BCUT2D eigenvalue weighted by atomic mass is 35.5. The molecule has 1 fully saturated rings. The van der Waals surface area contributed by atoms with E-state index in [9.17, 15) is 14.4 Å². The van der Waals surface area contributed by atoms with Gasteiger partial charge in [0.15, 0.2) is 0 Å². The average Bonchev–Trinajstić information content (AvgIpc) is 2.55. The van der Waals surface area contributed by atoms with Crippen LogP contribution in [0.5, 0.6) is 0 Å². The lowest BCUT2D eigenvalue weighted by molar-refractivity contribution is -0.124. The van der Waals surface area contributed by atoms with Crippen LogP contribution in [-0.4, -0.2) is 23.9 Å².